The van der Waals surface area contributed by atoms with Crippen LogP contribution >= 0.6 is 0 Å². The molecule has 6 nitrogen and oxygen atoms in total. The molecule has 2 heterocycles. The molecule has 1 fully saturated rings. The molecule has 1 aliphatic carbocycles. The van der Waals surface area contributed by atoms with Crippen molar-refractivity contribution < 1.29 is 9.59 Å². The van der Waals surface area contributed by atoms with Crippen molar-refractivity contribution in [1.29, 1.82) is 0 Å². The molecule has 0 unspecified atom stereocenters. The molecule has 108 valence electrons. The zero-order valence-electron chi connectivity index (χ0n) is 11.7. The number of carbonyl (C=O) groups excluding carboxylic acids is 2. The number of hydrogen-bond donors (Lipinski definition) is 2. The zero-order valence-corrected chi connectivity index (χ0v) is 11.7. The van der Waals surface area contributed by atoms with Crippen molar-refractivity contribution in [3.63, 3.8) is 0 Å². The third-order valence-electron chi connectivity index (χ3n) is 3.47. The molecule has 0 spiro atoms. The maximum absolute atomic E-state index is 11.8. The lowest BCUT2D eigenvalue weighted by Gasteiger charge is -2.10. The smallest absolute Gasteiger partial charge is 0.228 e. The van der Waals surface area contributed by atoms with Crippen LogP contribution < -0.4 is 10.6 Å². The van der Waals surface area contributed by atoms with E-state index in [0.29, 0.717) is 17.2 Å². The van der Waals surface area contributed by atoms with Crippen molar-refractivity contribution in [1.82, 2.24) is 9.97 Å². The molecule has 0 bridgehead atoms. The lowest BCUT2D eigenvalue weighted by Crippen LogP contribution is -2.14. The van der Waals surface area contributed by atoms with E-state index in [4.69, 9.17) is 0 Å². The van der Waals surface area contributed by atoms with Gasteiger partial charge in [-0.05, 0) is 25.8 Å². The summed E-state index contributed by atoms with van der Waals surface area (Å²) in [6.45, 7) is 2.70. The van der Waals surface area contributed by atoms with Crippen LogP contribution in [0.3, 0.4) is 0 Å². The van der Waals surface area contributed by atoms with Gasteiger partial charge in [0.05, 0.1) is 0 Å². The molecule has 1 amide bonds. The molecule has 2 aromatic rings. The van der Waals surface area contributed by atoms with Crippen molar-refractivity contribution in [3.8, 4) is 0 Å². The van der Waals surface area contributed by atoms with E-state index in [1.54, 1.807) is 12.3 Å². The van der Waals surface area contributed by atoms with Crippen molar-refractivity contribution in [3.05, 3.63) is 24.0 Å². The third-order valence-corrected chi connectivity index (χ3v) is 3.47. The van der Waals surface area contributed by atoms with Crippen molar-refractivity contribution >= 4 is 34.6 Å². The van der Waals surface area contributed by atoms with Gasteiger partial charge < -0.3 is 10.6 Å². The van der Waals surface area contributed by atoms with Gasteiger partial charge in [-0.1, -0.05) is 0 Å². The lowest BCUT2D eigenvalue weighted by molar-refractivity contribution is -0.117. The number of fused-ring (bicyclic) bond motifs is 1. The van der Waals surface area contributed by atoms with Gasteiger partial charge in [-0.25, -0.2) is 9.97 Å². The average molecular weight is 284 g/mol. The lowest BCUT2D eigenvalue weighted by atomic mass is 10.1. The first-order valence-corrected chi connectivity index (χ1v) is 7.01. The van der Waals surface area contributed by atoms with Crippen molar-refractivity contribution in [2.75, 3.05) is 17.2 Å². The molecular weight excluding hydrogens is 268 g/mol. The van der Waals surface area contributed by atoms with E-state index in [-0.39, 0.29) is 11.8 Å². The fraction of sp³-hybridized carbons (Fsp3) is 0.333. The van der Waals surface area contributed by atoms with Gasteiger partial charge in [-0.2, -0.15) is 0 Å². The Morgan fingerprint density at radius 2 is 2.14 bits per heavy atom. The third kappa shape index (κ3) is 2.69. The minimum atomic E-state index is -0.00420. The number of aromatic nitrogens is 2. The van der Waals surface area contributed by atoms with Crippen LogP contribution in [0.1, 0.15) is 30.1 Å². The number of hydrogen-bond acceptors (Lipinski definition) is 5. The van der Waals surface area contributed by atoms with Crippen LogP contribution in [0.4, 0.5) is 11.6 Å². The maximum atomic E-state index is 11.8. The van der Waals surface area contributed by atoms with E-state index in [1.807, 2.05) is 6.92 Å². The van der Waals surface area contributed by atoms with E-state index in [0.717, 1.165) is 36.4 Å². The highest BCUT2D eigenvalue weighted by Crippen LogP contribution is 2.31. The number of pyridine rings is 2. The average Bonchev–Trinajstić information content (AvgIpc) is 3.32. The number of carbonyl (C=O) groups is 2. The Bertz CT molecular complexity index is 710. The quantitative estimate of drug-likeness (QED) is 0.822. The fourth-order valence-electron chi connectivity index (χ4n) is 2.20. The highest BCUT2D eigenvalue weighted by molar-refractivity contribution is 6.04. The molecule has 1 aliphatic rings. The van der Waals surface area contributed by atoms with Gasteiger partial charge in [0.1, 0.15) is 11.6 Å². The van der Waals surface area contributed by atoms with Gasteiger partial charge in [-0.3, -0.25) is 9.59 Å². The monoisotopic (exact) mass is 284 g/mol. The maximum Gasteiger partial charge on any atom is 0.228 e. The Balaban J connectivity index is 2.01. The molecule has 3 rings (SSSR count). The van der Waals surface area contributed by atoms with Gasteiger partial charge >= 0.3 is 0 Å². The number of nitrogens with zero attached hydrogens (tertiary/aromatic N) is 2. The molecule has 0 saturated heterocycles. The normalized spacial score (nSPS) is 14.0. The minimum Gasteiger partial charge on any atom is -0.370 e. The van der Waals surface area contributed by atoms with Crippen molar-refractivity contribution in [2.24, 2.45) is 5.92 Å². The Morgan fingerprint density at radius 1 is 1.33 bits per heavy atom. The molecule has 2 aromatic heterocycles. The number of rotatable bonds is 5. The second-order valence-corrected chi connectivity index (χ2v) is 5.09. The van der Waals surface area contributed by atoms with Gasteiger partial charge in [0.2, 0.25) is 5.91 Å². The van der Waals surface area contributed by atoms with Crippen LogP contribution in [0.2, 0.25) is 0 Å². The molecule has 0 radical (unpaired) electrons. The summed E-state index contributed by atoms with van der Waals surface area (Å²) in [5.41, 5.74) is 0.482. The van der Waals surface area contributed by atoms with Crippen molar-refractivity contribution in [2.45, 2.75) is 19.8 Å². The van der Waals surface area contributed by atoms with Crippen LogP contribution in [0, 0.1) is 5.92 Å². The summed E-state index contributed by atoms with van der Waals surface area (Å²) >= 11 is 0. The van der Waals surface area contributed by atoms with E-state index in [1.165, 1.54) is 6.20 Å². The van der Waals surface area contributed by atoms with Crippen LogP contribution in [0.25, 0.3) is 10.8 Å². The number of nitrogens with one attached hydrogen (secondary N) is 2. The first kappa shape index (κ1) is 13.5. The zero-order chi connectivity index (χ0) is 14.8. The van der Waals surface area contributed by atoms with Gasteiger partial charge in [0.25, 0.3) is 0 Å². The molecule has 1 saturated carbocycles. The second kappa shape index (κ2) is 5.47. The van der Waals surface area contributed by atoms with Gasteiger partial charge in [0, 0.05) is 41.2 Å². The highest BCUT2D eigenvalue weighted by atomic mass is 16.2. The van der Waals surface area contributed by atoms with Crippen LogP contribution in [-0.4, -0.2) is 28.7 Å². The number of aldehydes is 1. The highest BCUT2D eigenvalue weighted by Gasteiger charge is 2.29. The van der Waals surface area contributed by atoms with Crippen LogP contribution in [-0.2, 0) is 4.79 Å². The molecular formula is C15H16N4O2. The molecule has 2 N–H and O–H groups in total. The van der Waals surface area contributed by atoms with E-state index >= 15 is 0 Å². The predicted molar refractivity (Wildman–Crippen MR) is 80.4 cm³/mol. The summed E-state index contributed by atoms with van der Waals surface area (Å²) in [5.74, 6) is 1.26. The largest absolute Gasteiger partial charge is 0.370 e. The van der Waals surface area contributed by atoms with E-state index in [2.05, 4.69) is 20.6 Å². The summed E-state index contributed by atoms with van der Waals surface area (Å²) in [6, 6.07) is 1.72. The Morgan fingerprint density at radius 3 is 2.81 bits per heavy atom. The van der Waals surface area contributed by atoms with Gasteiger partial charge in [-0.15, -0.1) is 0 Å². The Hall–Kier alpha value is -2.50. The minimum absolute atomic E-state index is 0.00420. The predicted octanol–water partition coefficient (Wildman–Crippen LogP) is 2.22. The molecule has 6 heteroatoms. The number of amides is 1. The summed E-state index contributed by atoms with van der Waals surface area (Å²) in [5, 5.41) is 7.43. The second-order valence-electron chi connectivity index (χ2n) is 5.09. The SMILES string of the molecule is CCNc1ncc(C=O)c2cc(NC(=O)C3CC3)ncc12. The molecule has 0 aromatic carbocycles. The Labute approximate surface area is 122 Å². The summed E-state index contributed by atoms with van der Waals surface area (Å²) in [4.78, 5) is 31.4. The van der Waals surface area contributed by atoms with Crippen LogP contribution in [0.15, 0.2) is 18.5 Å². The summed E-state index contributed by atoms with van der Waals surface area (Å²) < 4.78 is 0. The molecule has 0 atom stereocenters. The first-order chi connectivity index (χ1) is 10.2. The molecule has 21 heavy (non-hydrogen) atoms. The van der Waals surface area contributed by atoms with Crippen LogP contribution in [0.5, 0.6) is 0 Å². The van der Waals surface area contributed by atoms with E-state index < -0.39 is 0 Å². The fourth-order valence-corrected chi connectivity index (χ4v) is 2.20. The Kier molecular flexibility index (Phi) is 3.51. The van der Waals surface area contributed by atoms with Gasteiger partial charge in [0.15, 0.2) is 6.29 Å². The standard InChI is InChI=1S/C15H16N4O2/c1-2-16-14-12-7-17-13(19-15(21)9-3-4-9)5-11(12)10(8-20)6-18-14/h5-9H,2-4H2,1H3,(H,16,18)(H,17,19,21). The summed E-state index contributed by atoms with van der Waals surface area (Å²) in [7, 11) is 0. The number of anilines is 2. The molecule has 0 aliphatic heterocycles. The first-order valence-electron chi connectivity index (χ1n) is 7.01. The topological polar surface area (TPSA) is 84.0 Å². The van der Waals surface area contributed by atoms with E-state index in [9.17, 15) is 9.59 Å². The summed E-state index contributed by atoms with van der Waals surface area (Å²) in [6.07, 6.45) is 5.80.